The number of nitriles is 1. The van der Waals surface area contributed by atoms with Gasteiger partial charge in [-0.2, -0.15) is 15.2 Å². The normalized spacial score (nSPS) is 11.7. The maximum atomic E-state index is 11.2. The summed E-state index contributed by atoms with van der Waals surface area (Å²) in [6.07, 6.45) is 4.39. The van der Waals surface area contributed by atoms with E-state index in [1.54, 1.807) is 25.6 Å². The highest BCUT2D eigenvalue weighted by atomic mass is 16.5. The first-order chi connectivity index (χ1) is 20.3. The van der Waals surface area contributed by atoms with Crippen molar-refractivity contribution in [3.63, 3.8) is 0 Å². The van der Waals surface area contributed by atoms with Gasteiger partial charge in [-0.1, -0.05) is 17.7 Å². The van der Waals surface area contributed by atoms with E-state index in [0.717, 1.165) is 16.8 Å². The Labute approximate surface area is 241 Å². The molecule has 15 nitrogen and oxygen atoms in total. The van der Waals surface area contributed by atoms with Crippen LogP contribution in [0, 0.1) is 25.2 Å². The molecular weight excluding hydrogens is 540 g/mol. The summed E-state index contributed by atoms with van der Waals surface area (Å²) in [5.41, 5.74) is 3.23. The smallest absolute Gasteiger partial charge is 0.305 e. The zero-order valence-electron chi connectivity index (χ0n) is 23.5. The second-order valence-electron chi connectivity index (χ2n) is 9.28. The van der Waals surface area contributed by atoms with Crippen LogP contribution in [0.5, 0.6) is 0 Å². The number of hydrogen-bond acceptors (Lipinski definition) is 13. The number of hydrogen-bond donors (Lipinski definition) is 4. The van der Waals surface area contributed by atoms with Crippen LogP contribution in [-0.4, -0.2) is 67.1 Å². The molecule has 0 aliphatic carbocycles. The van der Waals surface area contributed by atoms with Crippen molar-refractivity contribution >= 4 is 40.7 Å². The molecule has 1 aromatic carbocycles. The van der Waals surface area contributed by atoms with Crippen LogP contribution in [0.4, 0.5) is 34.8 Å². The SMILES string of the molecule is COCC(C)Nc1nc(Nc2ccc(C)cc2C)nc(NCCC(=O)O)c1N=Nc1nn(-c2ncccn2)cc1C#N. The predicted octanol–water partition coefficient (Wildman–Crippen LogP) is 4.43. The number of aromatic nitrogens is 6. The number of azo groups is 1. The summed E-state index contributed by atoms with van der Waals surface area (Å²) in [7, 11) is 1.58. The van der Waals surface area contributed by atoms with E-state index >= 15 is 0 Å². The molecule has 1 unspecified atom stereocenters. The minimum atomic E-state index is -0.979. The molecule has 0 bridgehead atoms. The third kappa shape index (κ3) is 7.58. The van der Waals surface area contributed by atoms with Gasteiger partial charge in [-0.05, 0) is 38.5 Å². The number of carboxylic acids is 1. The van der Waals surface area contributed by atoms with E-state index in [9.17, 15) is 15.2 Å². The number of nitrogens with zero attached hydrogens (tertiary/aromatic N) is 9. The molecule has 0 saturated heterocycles. The van der Waals surface area contributed by atoms with Crippen LogP contribution in [0.3, 0.4) is 0 Å². The number of rotatable bonds is 13. The number of benzene rings is 1. The molecule has 4 rings (SSSR count). The zero-order valence-corrected chi connectivity index (χ0v) is 23.5. The van der Waals surface area contributed by atoms with E-state index in [1.807, 2.05) is 45.0 Å². The van der Waals surface area contributed by atoms with Crippen LogP contribution < -0.4 is 16.0 Å². The lowest BCUT2D eigenvalue weighted by Gasteiger charge is -2.18. The summed E-state index contributed by atoms with van der Waals surface area (Å²) in [6, 6.07) is 9.44. The molecule has 0 saturated carbocycles. The van der Waals surface area contributed by atoms with E-state index in [4.69, 9.17) is 4.74 Å². The molecule has 0 fully saturated rings. The van der Waals surface area contributed by atoms with Crippen LogP contribution >= 0.6 is 0 Å². The highest BCUT2D eigenvalue weighted by Gasteiger charge is 2.19. The van der Waals surface area contributed by atoms with Gasteiger partial charge >= 0.3 is 5.97 Å². The monoisotopic (exact) mass is 570 g/mol. The molecule has 0 radical (unpaired) electrons. The summed E-state index contributed by atoms with van der Waals surface area (Å²) in [4.78, 5) is 28.7. The number of nitrogens with one attached hydrogen (secondary N) is 3. The van der Waals surface area contributed by atoms with Crippen LogP contribution in [0.1, 0.15) is 30.0 Å². The molecule has 216 valence electrons. The summed E-state index contributed by atoms with van der Waals surface area (Å²) in [5, 5.41) is 41.3. The molecule has 0 amide bonds. The topological polar surface area (TPSA) is 201 Å². The standard InChI is InChI=1S/C27H30N12O3/c1-16-6-7-20(17(2)12-16)33-26-34-24(29-11-8-21(40)41)22(25(35-26)32-18(3)15-42-4)36-37-23-19(13-28)14-39(38-23)27-30-9-5-10-31-27/h5-7,9-10,12,14,18H,8,11,15H2,1-4H3,(H,40,41)(H3,29,32,33,34,35). The number of carbonyl (C=O) groups is 1. The number of methoxy groups -OCH3 is 1. The van der Waals surface area contributed by atoms with Crippen molar-refractivity contribution in [2.24, 2.45) is 10.2 Å². The summed E-state index contributed by atoms with van der Waals surface area (Å²) in [5.74, 6) is 0.0652. The first-order valence-corrected chi connectivity index (χ1v) is 12.9. The summed E-state index contributed by atoms with van der Waals surface area (Å²) in [6.45, 7) is 6.30. The largest absolute Gasteiger partial charge is 0.481 e. The first kappa shape index (κ1) is 29.5. The number of aliphatic carboxylic acids is 1. The highest BCUT2D eigenvalue weighted by Crippen LogP contribution is 2.35. The summed E-state index contributed by atoms with van der Waals surface area (Å²) < 4.78 is 6.60. The third-order valence-corrected chi connectivity index (χ3v) is 5.76. The molecule has 15 heteroatoms. The summed E-state index contributed by atoms with van der Waals surface area (Å²) >= 11 is 0. The van der Waals surface area contributed by atoms with Gasteiger partial charge < -0.3 is 25.8 Å². The van der Waals surface area contributed by atoms with Crippen molar-refractivity contribution in [1.82, 2.24) is 29.7 Å². The van der Waals surface area contributed by atoms with Gasteiger partial charge in [-0.25, -0.2) is 14.6 Å². The fourth-order valence-electron chi connectivity index (χ4n) is 3.84. The van der Waals surface area contributed by atoms with Crippen molar-refractivity contribution in [2.45, 2.75) is 33.2 Å². The van der Waals surface area contributed by atoms with Gasteiger partial charge in [-0.3, -0.25) is 4.79 Å². The Hall–Kier alpha value is -5.49. The fraction of sp³-hybridized carbons (Fsp3) is 0.296. The van der Waals surface area contributed by atoms with Crippen LogP contribution in [0.25, 0.3) is 5.95 Å². The fourth-order valence-corrected chi connectivity index (χ4v) is 3.84. The Morgan fingerprint density at radius 1 is 1.19 bits per heavy atom. The Morgan fingerprint density at radius 2 is 1.95 bits per heavy atom. The quantitative estimate of drug-likeness (QED) is 0.165. The molecule has 4 N–H and O–H groups in total. The van der Waals surface area contributed by atoms with Gasteiger partial charge in [0.25, 0.3) is 5.95 Å². The highest BCUT2D eigenvalue weighted by molar-refractivity contribution is 5.77. The van der Waals surface area contributed by atoms with E-state index < -0.39 is 5.97 Å². The molecule has 3 aromatic heterocycles. The second kappa shape index (κ2) is 13.7. The Balaban J connectivity index is 1.78. The van der Waals surface area contributed by atoms with Crippen molar-refractivity contribution in [3.05, 3.63) is 59.5 Å². The van der Waals surface area contributed by atoms with Gasteiger partial charge in [-0.15, -0.1) is 15.3 Å². The average molecular weight is 571 g/mol. The molecule has 3 heterocycles. The maximum Gasteiger partial charge on any atom is 0.305 e. The molecule has 0 aliphatic heterocycles. The van der Waals surface area contributed by atoms with Crippen LogP contribution in [-0.2, 0) is 9.53 Å². The molecule has 42 heavy (non-hydrogen) atoms. The maximum absolute atomic E-state index is 11.2. The van der Waals surface area contributed by atoms with Gasteiger partial charge in [0.2, 0.25) is 11.8 Å². The Morgan fingerprint density at radius 3 is 2.64 bits per heavy atom. The molecular formula is C27H30N12O3. The Bertz CT molecular complexity index is 1610. The van der Waals surface area contributed by atoms with Crippen molar-refractivity contribution in [1.29, 1.82) is 5.26 Å². The minimum absolute atomic E-state index is 0.0230. The van der Waals surface area contributed by atoms with Crippen molar-refractivity contribution in [3.8, 4) is 12.0 Å². The Kier molecular flexibility index (Phi) is 9.64. The predicted molar refractivity (Wildman–Crippen MR) is 155 cm³/mol. The number of anilines is 4. The van der Waals surface area contributed by atoms with Gasteiger partial charge in [0.1, 0.15) is 11.6 Å². The van der Waals surface area contributed by atoms with E-state index in [2.05, 4.69) is 51.2 Å². The zero-order chi connectivity index (χ0) is 30.1. The van der Waals surface area contributed by atoms with Crippen molar-refractivity contribution in [2.75, 3.05) is 36.2 Å². The van der Waals surface area contributed by atoms with Crippen LogP contribution in [0.2, 0.25) is 0 Å². The average Bonchev–Trinajstić information content (AvgIpc) is 3.38. The molecule has 0 aliphatic rings. The molecule has 0 spiro atoms. The van der Waals surface area contributed by atoms with Crippen molar-refractivity contribution < 1.29 is 14.6 Å². The van der Waals surface area contributed by atoms with Gasteiger partial charge in [0.05, 0.1) is 19.2 Å². The van der Waals surface area contributed by atoms with Gasteiger partial charge in [0.15, 0.2) is 17.3 Å². The second-order valence-corrected chi connectivity index (χ2v) is 9.28. The van der Waals surface area contributed by atoms with Gasteiger partial charge in [0, 0.05) is 37.8 Å². The third-order valence-electron chi connectivity index (χ3n) is 5.76. The van der Waals surface area contributed by atoms with Crippen LogP contribution in [0.15, 0.2) is 53.1 Å². The number of carboxylic acid groups (broad SMARTS) is 1. The first-order valence-electron chi connectivity index (χ1n) is 12.9. The van der Waals surface area contributed by atoms with E-state index in [1.165, 1.54) is 10.9 Å². The number of ether oxygens (including phenoxy) is 1. The lowest BCUT2D eigenvalue weighted by Crippen LogP contribution is -2.22. The van der Waals surface area contributed by atoms with E-state index in [0.29, 0.717) is 12.4 Å². The minimum Gasteiger partial charge on any atom is -0.481 e. The number of aryl methyl sites for hydroxylation is 2. The molecule has 4 aromatic rings. The lowest BCUT2D eigenvalue weighted by atomic mass is 10.1. The molecule has 1 atom stereocenters. The van der Waals surface area contributed by atoms with E-state index in [-0.39, 0.29) is 53.8 Å². The lowest BCUT2D eigenvalue weighted by molar-refractivity contribution is -0.136.